The fourth-order valence-corrected chi connectivity index (χ4v) is 1.87. The molecule has 0 saturated carbocycles. The fourth-order valence-electron chi connectivity index (χ4n) is 1.87. The van der Waals surface area contributed by atoms with Gasteiger partial charge in [0.1, 0.15) is 0 Å². The number of hydrogen-bond donors (Lipinski definition) is 2. The Bertz CT molecular complexity index is 313. The molecule has 0 spiro atoms. The average molecular weight is 222 g/mol. The minimum absolute atomic E-state index is 0.0411. The van der Waals surface area contributed by atoms with Gasteiger partial charge in [-0.3, -0.25) is 0 Å². The zero-order chi connectivity index (χ0) is 12.0. The lowest BCUT2D eigenvalue weighted by atomic mass is 10.1. The second-order valence-corrected chi connectivity index (χ2v) is 4.00. The molecule has 0 saturated heterocycles. The van der Waals surface area contributed by atoms with E-state index in [9.17, 15) is 0 Å². The number of para-hydroxylation sites is 1. The molecule has 3 N–H and O–H groups in total. The summed E-state index contributed by atoms with van der Waals surface area (Å²) in [6.45, 7) is 6.16. The Labute approximate surface area is 97.9 Å². The van der Waals surface area contributed by atoms with Gasteiger partial charge in [0.25, 0.3) is 0 Å². The minimum atomic E-state index is 0.0411. The summed E-state index contributed by atoms with van der Waals surface area (Å²) < 4.78 is 0. The van der Waals surface area contributed by atoms with Gasteiger partial charge in [0.2, 0.25) is 0 Å². The van der Waals surface area contributed by atoms with Gasteiger partial charge in [-0.2, -0.15) is 0 Å². The lowest BCUT2D eigenvalue weighted by Gasteiger charge is -2.26. The summed E-state index contributed by atoms with van der Waals surface area (Å²) in [5.41, 5.74) is 8.32. The Kier molecular flexibility index (Phi) is 5.29. The molecule has 3 nitrogen and oxygen atoms in total. The molecular weight excluding hydrogens is 200 g/mol. The molecule has 0 aliphatic heterocycles. The van der Waals surface area contributed by atoms with Gasteiger partial charge in [0.05, 0.1) is 0 Å². The molecule has 3 heteroatoms. The van der Waals surface area contributed by atoms with Crippen molar-refractivity contribution in [3.05, 3.63) is 29.8 Å². The van der Waals surface area contributed by atoms with E-state index in [2.05, 4.69) is 24.0 Å². The van der Waals surface area contributed by atoms with Crippen LogP contribution in [-0.2, 0) is 0 Å². The first-order chi connectivity index (χ1) is 7.70. The molecule has 1 aromatic carbocycles. The van der Waals surface area contributed by atoms with E-state index in [1.807, 2.05) is 19.1 Å². The van der Waals surface area contributed by atoms with E-state index in [0.717, 1.165) is 19.5 Å². The van der Waals surface area contributed by atoms with Gasteiger partial charge in [-0.05, 0) is 31.9 Å². The highest BCUT2D eigenvalue weighted by Crippen LogP contribution is 2.24. The van der Waals surface area contributed by atoms with Gasteiger partial charge < -0.3 is 15.7 Å². The molecule has 0 aromatic heterocycles. The third-order valence-corrected chi connectivity index (χ3v) is 2.74. The molecule has 0 aliphatic rings. The number of nitrogens with zero attached hydrogens (tertiary/aromatic N) is 1. The lowest BCUT2D eigenvalue weighted by molar-refractivity contribution is 0.289. The summed E-state index contributed by atoms with van der Waals surface area (Å²) in [4.78, 5) is 2.26. The zero-order valence-corrected chi connectivity index (χ0v) is 10.2. The maximum absolute atomic E-state index is 8.88. The number of anilines is 1. The van der Waals surface area contributed by atoms with Crippen molar-refractivity contribution < 1.29 is 5.11 Å². The summed E-state index contributed by atoms with van der Waals surface area (Å²) in [6.07, 6.45) is 0.793. The molecule has 0 fully saturated rings. The standard InChI is InChI=1S/C13H22N2O/c1-3-15(9-6-10-16)13-8-5-4-7-12(13)11(2)14/h4-5,7-8,11,16H,3,6,9-10,14H2,1-2H3. The van der Waals surface area contributed by atoms with E-state index >= 15 is 0 Å². The van der Waals surface area contributed by atoms with Crippen molar-refractivity contribution >= 4 is 5.69 Å². The lowest BCUT2D eigenvalue weighted by Crippen LogP contribution is -2.26. The highest BCUT2D eigenvalue weighted by Gasteiger charge is 2.11. The van der Waals surface area contributed by atoms with E-state index in [0.29, 0.717) is 0 Å². The summed E-state index contributed by atoms with van der Waals surface area (Å²) in [6, 6.07) is 8.26. The molecular formula is C13H22N2O. The van der Waals surface area contributed by atoms with E-state index in [1.165, 1.54) is 11.3 Å². The predicted octanol–water partition coefficient (Wildman–Crippen LogP) is 1.92. The zero-order valence-electron chi connectivity index (χ0n) is 10.2. The van der Waals surface area contributed by atoms with Crippen LogP contribution >= 0.6 is 0 Å². The van der Waals surface area contributed by atoms with Gasteiger partial charge >= 0.3 is 0 Å². The molecule has 1 atom stereocenters. The topological polar surface area (TPSA) is 49.5 Å². The number of hydrogen-bond acceptors (Lipinski definition) is 3. The number of aliphatic hydroxyl groups is 1. The summed E-state index contributed by atoms with van der Waals surface area (Å²) in [5, 5.41) is 8.88. The van der Waals surface area contributed by atoms with Crippen molar-refractivity contribution in [1.82, 2.24) is 0 Å². The fraction of sp³-hybridized carbons (Fsp3) is 0.538. The molecule has 0 heterocycles. The molecule has 90 valence electrons. The summed E-state index contributed by atoms with van der Waals surface area (Å²) in [5.74, 6) is 0. The van der Waals surface area contributed by atoms with Crippen molar-refractivity contribution in [2.45, 2.75) is 26.3 Å². The highest BCUT2D eigenvalue weighted by atomic mass is 16.3. The maximum Gasteiger partial charge on any atom is 0.0447 e. The molecule has 0 aliphatic carbocycles. The molecule has 0 radical (unpaired) electrons. The van der Waals surface area contributed by atoms with Crippen LogP contribution in [0.1, 0.15) is 31.9 Å². The van der Waals surface area contributed by atoms with Gasteiger partial charge in [-0.1, -0.05) is 18.2 Å². The largest absolute Gasteiger partial charge is 0.396 e. The Morgan fingerprint density at radius 3 is 2.62 bits per heavy atom. The first kappa shape index (κ1) is 13.0. The first-order valence-electron chi connectivity index (χ1n) is 5.91. The van der Waals surface area contributed by atoms with Gasteiger partial charge in [0.15, 0.2) is 0 Å². The summed E-state index contributed by atoms with van der Waals surface area (Å²) >= 11 is 0. The summed E-state index contributed by atoms with van der Waals surface area (Å²) in [7, 11) is 0. The van der Waals surface area contributed by atoms with Crippen LogP contribution in [0.4, 0.5) is 5.69 Å². The van der Waals surface area contributed by atoms with Crippen LogP contribution in [0, 0.1) is 0 Å². The normalized spacial score (nSPS) is 12.5. The van der Waals surface area contributed by atoms with Crippen LogP contribution < -0.4 is 10.6 Å². The molecule has 0 amide bonds. The van der Waals surface area contributed by atoms with E-state index < -0.39 is 0 Å². The Morgan fingerprint density at radius 1 is 1.38 bits per heavy atom. The van der Waals surface area contributed by atoms with Crippen LogP contribution in [0.15, 0.2) is 24.3 Å². The Morgan fingerprint density at radius 2 is 2.06 bits per heavy atom. The third-order valence-electron chi connectivity index (χ3n) is 2.74. The Balaban J connectivity index is 2.90. The van der Waals surface area contributed by atoms with Crippen LogP contribution in [0.2, 0.25) is 0 Å². The highest BCUT2D eigenvalue weighted by molar-refractivity contribution is 5.54. The quantitative estimate of drug-likeness (QED) is 0.773. The van der Waals surface area contributed by atoms with Crippen molar-refractivity contribution in [3.63, 3.8) is 0 Å². The second kappa shape index (κ2) is 6.51. The monoisotopic (exact) mass is 222 g/mol. The SMILES string of the molecule is CCN(CCCO)c1ccccc1C(C)N. The third kappa shape index (κ3) is 3.22. The maximum atomic E-state index is 8.88. The smallest absolute Gasteiger partial charge is 0.0447 e. The Hall–Kier alpha value is -1.06. The van der Waals surface area contributed by atoms with Crippen LogP contribution in [0.3, 0.4) is 0 Å². The minimum Gasteiger partial charge on any atom is -0.396 e. The first-order valence-corrected chi connectivity index (χ1v) is 5.91. The van der Waals surface area contributed by atoms with Crippen molar-refractivity contribution in [3.8, 4) is 0 Å². The second-order valence-electron chi connectivity index (χ2n) is 4.00. The van der Waals surface area contributed by atoms with Crippen LogP contribution in [0.25, 0.3) is 0 Å². The number of nitrogens with two attached hydrogens (primary N) is 1. The van der Waals surface area contributed by atoms with Gasteiger partial charge in [-0.15, -0.1) is 0 Å². The molecule has 1 unspecified atom stereocenters. The molecule has 1 aromatic rings. The van der Waals surface area contributed by atoms with Crippen LogP contribution in [0.5, 0.6) is 0 Å². The average Bonchev–Trinajstić information content (AvgIpc) is 2.30. The molecule has 16 heavy (non-hydrogen) atoms. The van der Waals surface area contributed by atoms with E-state index in [1.54, 1.807) is 0 Å². The number of aliphatic hydroxyl groups excluding tert-OH is 1. The number of rotatable bonds is 6. The van der Waals surface area contributed by atoms with Crippen molar-refractivity contribution in [2.24, 2.45) is 5.73 Å². The molecule has 0 bridgehead atoms. The van der Waals surface area contributed by atoms with Crippen molar-refractivity contribution in [2.75, 3.05) is 24.6 Å². The van der Waals surface area contributed by atoms with Crippen LogP contribution in [-0.4, -0.2) is 24.8 Å². The number of benzene rings is 1. The van der Waals surface area contributed by atoms with E-state index in [-0.39, 0.29) is 12.6 Å². The predicted molar refractivity (Wildman–Crippen MR) is 68.6 cm³/mol. The van der Waals surface area contributed by atoms with Gasteiger partial charge in [0, 0.05) is 31.4 Å². The van der Waals surface area contributed by atoms with Crippen molar-refractivity contribution in [1.29, 1.82) is 0 Å². The van der Waals surface area contributed by atoms with Gasteiger partial charge in [-0.25, -0.2) is 0 Å². The van der Waals surface area contributed by atoms with E-state index in [4.69, 9.17) is 10.8 Å². The molecule has 1 rings (SSSR count).